The molecule has 0 atom stereocenters. The van der Waals surface area contributed by atoms with Gasteiger partial charge >= 0.3 is 5.97 Å². The number of aromatic amines is 1. The molecule has 1 heterocycles. The average molecular weight is 585 g/mol. The third-order valence-electron chi connectivity index (χ3n) is 6.67. The molecule has 0 aliphatic rings. The van der Waals surface area contributed by atoms with Gasteiger partial charge in [0.05, 0.1) is 22.1 Å². The zero-order valence-corrected chi connectivity index (χ0v) is 24.4. The number of benzene rings is 3. The molecule has 0 saturated carbocycles. The molecule has 0 spiro atoms. The summed E-state index contributed by atoms with van der Waals surface area (Å²) in [4.78, 5) is 15.8. The average Bonchev–Trinajstić information content (AvgIpc) is 3.25. The van der Waals surface area contributed by atoms with Gasteiger partial charge in [0, 0.05) is 12.0 Å². The summed E-state index contributed by atoms with van der Waals surface area (Å²) in [5.74, 6) is -0.392. The molecule has 0 bridgehead atoms. The molecule has 1 N–H and O–H groups in total. The van der Waals surface area contributed by atoms with Crippen LogP contribution in [0.2, 0.25) is 10.1 Å². The van der Waals surface area contributed by atoms with Crippen molar-refractivity contribution in [3.8, 4) is 0 Å². The minimum Gasteiger partial charge on any atom is -0.464 e. The van der Waals surface area contributed by atoms with Crippen molar-refractivity contribution in [3.63, 3.8) is 0 Å². The van der Waals surface area contributed by atoms with Crippen LogP contribution in [0.25, 0.3) is 10.9 Å². The molecule has 0 aliphatic heterocycles. The molecule has 188 valence electrons. The summed E-state index contributed by atoms with van der Waals surface area (Å²) in [5.41, 5.74) is 2.17. The minimum atomic E-state index is -2.61. The maximum absolute atomic E-state index is 12.6. The van der Waals surface area contributed by atoms with Crippen LogP contribution in [0.1, 0.15) is 43.2 Å². The van der Waals surface area contributed by atoms with Crippen LogP contribution in [-0.2, 0) is 15.6 Å². The van der Waals surface area contributed by atoms with Crippen LogP contribution in [0.15, 0.2) is 77.3 Å². The molecule has 0 saturated heterocycles. The summed E-state index contributed by atoms with van der Waals surface area (Å²) in [6.07, 6.45) is 1.42. The molecule has 4 rings (SSSR count). The van der Waals surface area contributed by atoms with Crippen LogP contribution in [0.5, 0.6) is 0 Å². The Balaban J connectivity index is 1.67. The zero-order valence-electron chi connectivity index (χ0n) is 21.0. The molecule has 0 fully saturated rings. The van der Waals surface area contributed by atoms with Crippen molar-refractivity contribution in [3.05, 3.63) is 93.5 Å². The van der Waals surface area contributed by atoms with E-state index < -0.39 is 14.3 Å². The second-order valence-corrected chi connectivity index (χ2v) is 15.4. The van der Waals surface area contributed by atoms with Crippen molar-refractivity contribution < 1.29 is 14.0 Å². The summed E-state index contributed by atoms with van der Waals surface area (Å²) < 4.78 is 12.8. The Morgan fingerprint density at radius 3 is 2.08 bits per heavy atom. The number of hydrogen-bond acceptors (Lipinski definition) is 3. The Bertz CT molecular complexity index is 1310. The van der Waals surface area contributed by atoms with E-state index in [9.17, 15) is 4.79 Å². The number of carbonyl (C=O) groups excluding carboxylic acids is 1. The second-order valence-electron chi connectivity index (χ2n) is 9.87. The van der Waals surface area contributed by atoms with E-state index in [4.69, 9.17) is 20.8 Å². The lowest BCUT2D eigenvalue weighted by molar-refractivity contribution is 0.0593. The maximum atomic E-state index is 12.6. The van der Waals surface area contributed by atoms with Gasteiger partial charge in [-0.2, -0.15) is 0 Å². The highest BCUT2D eigenvalue weighted by molar-refractivity contribution is 9.10. The molecular weight excluding hydrogens is 554 g/mol. The fourth-order valence-corrected chi connectivity index (χ4v) is 10.2. The zero-order chi connectivity index (χ0) is 25.9. The summed E-state index contributed by atoms with van der Waals surface area (Å²) in [6, 6.07) is 25.0. The van der Waals surface area contributed by atoms with Gasteiger partial charge in [0.25, 0.3) is 8.32 Å². The summed E-state index contributed by atoms with van der Waals surface area (Å²) in [6.45, 7) is 7.38. The van der Waals surface area contributed by atoms with Crippen LogP contribution >= 0.6 is 27.5 Å². The number of rotatable bonds is 8. The Kier molecular flexibility index (Phi) is 8.10. The first-order valence-corrected chi connectivity index (χ1v) is 15.1. The van der Waals surface area contributed by atoms with Gasteiger partial charge in [-0.05, 0) is 55.8 Å². The standard InChI is InChI=1S/C29H31BrClNO3Si/c1-29(2,3)36(20-12-7-5-8-13-20,21-14-9-6-10-15-21)35-19-11-16-22-23-17-18-24(31)25(30)26(23)32-27(22)28(33)34-4/h5-10,12-15,17-18,32H,11,16,19H2,1-4H3. The molecule has 0 amide bonds. The number of halogens is 2. The molecule has 3 aromatic carbocycles. The highest BCUT2D eigenvalue weighted by Gasteiger charge is 2.49. The lowest BCUT2D eigenvalue weighted by Gasteiger charge is -2.43. The topological polar surface area (TPSA) is 51.3 Å². The minimum absolute atomic E-state index is 0.0880. The van der Waals surface area contributed by atoms with E-state index in [-0.39, 0.29) is 5.04 Å². The molecule has 7 heteroatoms. The highest BCUT2D eigenvalue weighted by atomic mass is 79.9. The van der Waals surface area contributed by atoms with Gasteiger partial charge in [0.2, 0.25) is 0 Å². The van der Waals surface area contributed by atoms with Gasteiger partial charge in [-0.1, -0.05) is 99.1 Å². The van der Waals surface area contributed by atoms with Crippen LogP contribution in [-0.4, -0.2) is 33.0 Å². The van der Waals surface area contributed by atoms with Crippen LogP contribution in [0.4, 0.5) is 0 Å². The van der Waals surface area contributed by atoms with E-state index in [1.807, 2.05) is 24.3 Å². The normalized spacial score (nSPS) is 12.2. The number of esters is 1. The van der Waals surface area contributed by atoms with E-state index in [0.29, 0.717) is 23.7 Å². The fraction of sp³-hybridized carbons (Fsp3) is 0.276. The smallest absolute Gasteiger partial charge is 0.354 e. The number of aryl methyl sites for hydroxylation is 1. The molecule has 0 radical (unpaired) electrons. The Morgan fingerprint density at radius 1 is 0.972 bits per heavy atom. The predicted octanol–water partition coefficient (Wildman–Crippen LogP) is 6.88. The summed E-state index contributed by atoms with van der Waals surface area (Å²) >= 11 is 9.85. The molecule has 4 aromatic rings. The third kappa shape index (κ3) is 4.92. The van der Waals surface area contributed by atoms with Gasteiger partial charge in [0.15, 0.2) is 0 Å². The van der Waals surface area contributed by atoms with Gasteiger partial charge in [0.1, 0.15) is 5.69 Å². The van der Waals surface area contributed by atoms with E-state index in [2.05, 4.69) is 90.2 Å². The monoisotopic (exact) mass is 583 g/mol. The van der Waals surface area contributed by atoms with E-state index in [1.165, 1.54) is 17.5 Å². The Hall–Kier alpha value is -2.38. The summed E-state index contributed by atoms with van der Waals surface area (Å²) in [7, 11) is -1.21. The number of fused-ring (bicyclic) bond motifs is 1. The van der Waals surface area contributed by atoms with Crippen molar-refractivity contribution in [2.75, 3.05) is 13.7 Å². The largest absolute Gasteiger partial charge is 0.464 e. The number of ether oxygens (including phenoxy) is 1. The first kappa shape index (κ1) is 26.7. The maximum Gasteiger partial charge on any atom is 0.354 e. The molecule has 1 aromatic heterocycles. The molecule has 0 unspecified atom stereocenters. The van der Waals surface area contributed by atoms with Crippen molar-refractivity contribution >= 4 is 63.1 Å². The number of carbonyl (C=O) groups is 1. The van der Waals surface area contributed by atoms with Gasteiger partial charge in [-0.3, -0.25) is 0 Å². The van der Waals surface area contributed by atoms with Crippen molar-refractivity contribution in [1.29, 1.82) is 0 Å². The quantitative estimate of drug-likeness (QED) is 0.140. The van der Waals surface area contributed by atoms with E-state index in [0.717, 1.165) is 27.4 Å². The lowest BCUT2D eigenvalue weighted by atomic mass is 10.1. The third-order valence-corrected chi connectivity index (χ3v) is 13.1. The van der Waals surface area contributed by atoms with Crippen LogP contribution in [0.3, 0.4) is 0 Å². The Morgan fingerprint density at radius 2 is 1.56 bits per heavy atom. The van der Waals surface area contributed by atoms with Crippen molar-refractivity contribution in [2.45, 2.75) is 38.7 Å². The fourth-order valence-electron chi connectivity index (χ4n) is 5.03. The molecule has 36 heavy (non-hydrogen) atoms. The highest BCUT2D eigenvalue weighted by Crippen LogP contribution is 2.37. The predicted molar refractivity (Wildman–Crippen MR) is 154 cm³/mol. The second kappa shape index (κ2) is 10.9. The van der Waals surface area contributed by atoms with Gasteiger partial charge in [-0.15, -0.1) is 0 Å². The SMILES string of the molecule is COC(=O)c1[nH]c2c(Br)c(Cl)ccc2c1CCCO[Si](c1ccccc1)(c1ccccc1)C(C)(C)C. The summed E-state index contributed by atoms with van der Waals surface area (Å²) in [5, 5.41) is 3.96. The lowest BCUT2D eigenvalue weighted by Crippen LogP contribution is -2.66. The number of H-pyrrole nitrogens is 1. The number of nitrogens with one attached hydrogen (secondary N) is 1. The first-order valence-electron chi connectivity index (χ1n) is 12.0. The van der Waals surface area contributed by atoms with Crippen molar-refractivity contribution in [2.24, 2.45) is 0 Å². The van der Waals surface area contributed by atoms with Gasteiger partial charge in [-0.25, -0.2) is 4.79 Å². The van der Waals surface area contributed by atoms with Gasteiger partial charge < -0.3 is 14.1 Å². The molecule has 4 nitrogen and oxygen atoms in total. The Labute approximate surface area is 227 Å². The van der Waals surface area contributed by atoms with Crippen molar-refractivity contribution in [1.82, 2.24) is 4.98 Å². The number of methoxy groups -OCH3 is 1. The van der Waals surface area contributed by atoms with E-state index in [1.54, 1.807) is 0 Å². The molecular formula is C29H31BrClNO3Si. The molecule has 0 aliphatic carbocycles. The number of hydrogen-bond donors (Lipinski definition) is 1. The van der Waals surface area contributed by atoms with Crippen LogP contribution < -0.4 is 10.4 Å². The van der Waals surface area contributed by atoms with E-state index >= 15 is 0 Å². The van der Waals surface area contributed by atoms with Crippen LogP contribution in [0, 0.1) is 0 Å². The number of aromatic nitrogens is 1. The first-order chi connectivity index (χ1) is 17.2.